The second-order valence-electron chi connectivity index (χ2n) is 4.35. The smallest absolute Gasteiger partial charge is 0.147 e. The summed E-state index contributed by atoms with van der Waals surface area (Å²) in [5.74, 6) is 0.821. The van der Waals surface area contributed by atoms with Gasteiger partial charge in [-0.1, -0.05) is 6.07 Å². The first kappa shape index (κ1) is 15.5. The van der Waals surface area contributed by atoms with Crippen molar-refractivity contribution in [1.29, 1.82) is 0 Å². The van der Waals surface area contributed by atoms with E-state index in [0.717, 1.165) is 33.2 Å². The molecule has 1 heterocycles. The van der Waals surface area contributed by atoms with Gasteiger partial charge in [0.15, 0.2) is 0 Å². The summed E-state index contributed by atoms with van der Waals surface area (Å²) in [5, 5.41) is 0. The highest BCUT2D eigenvalue weighted by Gasteiger charge is 2.09. The maximum absolute atomic E-state index is 5.84. The summed E-state index contributed by atoms with van der Waals surface area (Å²) in [7, 11) is 0. The first-order valence-electron chi connectivity index (χ1n) is 6.41. The second-order valence-corrected chi connectivity index (χ2v) is 6.06. The second kappa shape index (κ2) is 7.76. The molecule has 5 heteroatoms. The van der Waals surface area contributed by atoms with Gasteiger partial charge in [0.2, 0.25) is 0 Å². The third kappa shape index (κ3) is 4.30. The van der Waals surface area contributed by atoms with E-state index in [9.17, 15) is 0 Å². The number of hydrogen-bond acceptors (Lipinski definition) is 3. The van der Waals surface area contributed by atoms with Gasteiger partial charge in [0.25, 0.3) is 0 Å². The monoisotopic (exact) mass is 398 g/mol. The van der Waals surface area contributed by atoms with Gasteiger partial charge in [-0.3, -0.25) is 4.98 Å². The van der Waals surface area contributed by atoms with Crippen molar-refractivity contribution in [2.45, 2.75) is 12.8 Å². The van der Waals surface area contributed by atoms with E-state index in [1.807, 2.05) is 30.3 Å². The van der Waals surface area contributed by atoms with E-state index in [4.69, 9.17) is 10.5 Å². The minimum absolute atomic E-state index is 0.588. The normalized spacial score (nSPS) is 10.6. The largest absolute Gasteiger partial charge is 0.491 e. The number of pyridine rings is 1. The molecule has 0 amide bonds. The Morgan fingerprint density at radius 3 is 2.45 bits per heavy atom. The van der Waals surface area contributed by atoms with E-state index < -0.39 is 0 Å². The van der Waals surface area contributed by atoms with E-state index in [-0.39, 0.29) is 0 Å². The molecule has 1 aromatic carbocycles. The maximum atomic E-state index is 5.84. The lowest BCUT2D eigenvalue weighted by atomic mass is 10.1. The number of benzene rings is 1. The highest BCUT2D eigenvalue weighted by Crippen LogP contribution is 2.34. The number of aromatic nitrogens is 1. The van der Waals surface area contributed by atoms with Crippen molar-refractivity contribution in [1.82, 2.24) is 4.98 Å². The molecule has 2 rings (SSSR count). The fourth-order valence-corrected chi connectivity index (χ4v) is 3.38. The van der Waals surface area contributed by atoms with E-state index in [1.165, 1.54) is 5.56 Å². The van der Waals surface area contributed by atoms with Crippen molar-refractivity contribution in [3.05, 3.63) is 56.7 Å². The van der Waals surface area contributed by atoms with Crippen LogP contribution in [0.2, 0.25) is 0 Å². The Bertz CT molecular complexity index is 538. The van der Waals surface area contributed by atoms with Crippen molar-refractivity contribution < 1.29 is 4.74 Å². The van der Waals surface area contributed by atoms with Crippen molar-refractivity contribution in [3.63, 3.8) is 0 Å². The SMILES string of the molecule is NCCc1cc(Br)c(OCCc2ccccn2)c(Br)c1. The zero-order chi connectivity index (χ0) is 14.4. The molecule has 1 aromatic heterocycles. The Morgan fingerprint density at radius 2 is 1.85 bits per heavy atom. The molecular weight excluding hydrogens is 384 g/mol. The third-order valence-corrected chi connectivity index (χ3v) is 4.00. The first-order valence-corrected chi connectivity index (χ1v) is 8.00. The van der Waals surface area contributed by atoms with Crippen LogP contribution in [0.5, 0.6) is 5.75 Å². The van der Waals surface area contributed by atoms with Crippen LogP contribution in [0, 0.1) is 0 Å². The highest BCUT2D eigenvalue weighted by molar-refractivity contribution is 9.11. The quantitative estimate of drug-likeness (QED) is 0.804. The van der Waals surface area contributed by atoms with Crippen LogP contribution in [0.1, 0.15) is 11.3 Å². The molecule has 0 aliphatic carbocycles. The van der Waals surface area contributed by atoms with Crippen LogP contribution >= 0.6 is 31.9 Å². The molecule has 2 aromatic rings. The van der Waals surface area contributed by atoms with Gasteiger partial charge in [0.05, 0.1) is 15.6 Å². The van der Waals surface area contributed by atoms with Gasteiger partial charge in [-0.15, -0.1) is 0 Å². The highest BCUT2D eigenvalue weighted by atomic mass is 79.9. The topological polar surface area (TPSA) is 48.1 Å². The average molecular weight is 400 g/mol. The number of halogens is 2. The molecule has 106 valence electrons. The van der Waals surface area contributed by atoms with Crippen LogP contribution in [0.25, 0.3) is 0 Å². The standard InChI is InChI=1S/C15H16Br2N2O/c16-13-9-11(4-6-18)10-14(17)15(13)20-8-5-12-3-1-2-7-19-12/h1-3,7,9-10H,4-6,8,18H2. The van der Waals surface area contributed by atoms with Gasteiger partial charge in [-0.25, -0.2) is 0 Å². The Kier molecular flexibility index (Phi) is 6.01. The van der Waals surface area contributed by atoms with Crippen molar-refractivity contribution >= 4 is 31.9 Å². The van der Waals surface area contributed by atoms with Crippen LogP contribution < -0.4 is 10.5 Å². The van der Waals surface area contributed by atoms with E-state index >= 15 is 0 Å². The molecule has 0 spiro atoms. The molecule has 20 heavy (non-hydrogen) atoms. The molecule has 0 bridgehead atoms. The molecule has 3 nitrogen and oxygen atoms in total. The maximum Gasteiger partial charge on any atom is 0.147 e. The van der Waals surface area contributed by atoms with Crippen LogP contribution in [0.4, 0.5) is 0 Å². The average Bonchev–Trinajstić information content (AvgIpc) is 2.43. The van der Waals surface area contributed by atoms with Crippen molar-refractivity contribution in [2.75, 3.05) is 13.2 Å². The van der Waals surface area contributed by atoms with Crippen LogP contribution in [0.15, 0.2) is 45.5 Å². The molecule has 0 saturated carbocycles. The van der Waals surface area contributed by atoms with Gasteiger partial charge in [-0.2, -0.15) is 0 Å². The van der Waals surface area contributed by atoms with Crippen molar-refractivity contribution in [3.8, 4) is 5.75 Å². The molecule has 0 unspecified atom stereocenters. The summed E-state index contributed by atoms with van der Waals surface area (Å²) < 4.78 is 7.72. The van der Waals surface area contributed by atoms with Gasteiger partial charge >= 0.3 is 0 Å². The van der Waals surface area contributed by atoms with Gasteiger partial charge in [0.1, 0.15) is 5.75 Å². The summed E-state index contributed by atoms with van der Waals surface area (Å²) in [6.45, 7) is 1.23. The Labute approximate surface area is 135 Å². The minimum Gasteiger partial charge on any atom is -0.491 e. The van der Waals surface area contributed by atoms with Crippen molar-refractivity contribution in [2.24, 2.45) is 5.73 Å². The molecule has 0 aliphatic rings. The Hall–Kier alpha value is -0.910. The van der Waals surface area contributed by atoms with Crippen LogP contribution in [0.3, 0.4) is 0 Å². The van der Waals surface area contributed by atoms with Gasteiger partial charge in [0, 0.05) is 18.3 Å². The van der Waals surface area contributed by atoms with Gasteiger partial charge < -0.3 is 10.5 Å². The minimum atomic E-state index is 0.588. The molecule has 2 N–H and O–H groups in total. The molecule has 0 aliphatic heterocycles. The molecular formula is C15H16Br2N2O. The lowest BCUT2D eigenvalue weighted by molar-refractivity contribution is 0.316. The van der Waals surface area contributed by atoms with E-state index in [2.05, 4.69) is 36.8 Å². The fourth-order valence-electron chi connectivity index (χ4n) is 1.86. The van der Waals surface area contributed by atoms with E-state index in [1.54, 1.807) is 6.20 Å². The fraction of sp³-hybridized carbons (Fsp3) is 0.267. The van der Waals surface area contributed by atoms with Crippen LogP contribution in [-0.4, -0.2) is 18.1 Å². The van der Waals surface area contributed by atoms with E-state index in [0.29, 0.717) is 13.2 Å². The predicted octanol–water partition coefficient (Wildman–Crippen LogP) is 3.73. The summed E-state index contributed by atoms with van der Waals surface area (Å²) in [6, 6.07) is 9.99. The molecule has 0 radical (unpaired) electrons. The van der Waals surface area contributed by atoms with Gasteiger partial charge in [-0.05, 0) is 74.7 Å². The molecule has 0 atom stereocenters. The van der Waals surface area contributed by atoms with Crippen LogP contribution in [-0.2, 0) is 12.8 Å². The first-order chi connectivity index (χ1) is 9.70. The third-order valence-electron chi connectivity index (χ3n) is 2.82. The summed E-state index contributed by atoms with van der Waals surface area (Å²) >= 11 is 7.09. The summed E-state index contributed by atoms with van der Waals surface area (Å²) in [5.41, 5.74) is 7.79. The number of rotatable bonds is 6. The Morgan fingerprint density at radius 1 is 1.10 bits per heavy atom. The lowest BCUT2D eigenvalue weighted by Gasteiger charge is -2.12. The molecule has 0 saturated heterocycles. The number of ether oxygens (including phenoxy) is 1. The number of nitrogens with two attached hydrogens (primary N) is 1. The zero-order valence-corrected chi connectivity index (χ0v) is 14.2. The molecule has 0 fully saturated rings. The summed E-state index contributed by atoms with van der Waals surface area (Å²) in [6.07, 6.45) is 3.43. The summed E-state index contributed by atoms with van der Waals surface area (Å²) in [4.78, 5) is 4.28. The zero-order valence-electron chi connectivity index (χ0n) is 11.0. The number of nitrogens with zero attached hydrogens (tertiary/aromatic N) is 1. The Balaban J connectivity index is 1.99. The lowest BCUT2D eigenvalue weighted by Crippen LogP contribution is -2.05. The predicted molar refractivity (Wildman–Crippen MR) is 88.0 cm³/mol. The number of hydrogen-bond donors (Lipinski definition) is 1.